The van der Waals surface area contributed by atoms with Gasteiger partial charge in [-0.05, 0) is 62.7 Å². The lowest BCUT2D eigenvalue weighted by Gasteiger charge is -2.38. The third-order valence-corrected chi connectivity index (χ3v) is 8.86. The highest BCUT2D eigenvalue weighted by Crippen LogP contribution is 2.42. The summed E-state index contributed by atoms with van der Waals surface area (Å²) in [5.74, 6) is 0.760. The summed E-state index contributed by atoms with van der Waals surface area (Å²) >= 11 is 0. The van der Waals surface area contributed by atoms with Crippen molar-refractivity contribution in [3.63, 3.8) is 0 Å². The smallest absolute Gasteiger partial charge is 0.229 e. The number of carbonyl (C=O) groups is 2. The Bertz CT molecular complexity index is 995. The van der Waals surface area contributed by atoms with Gasteiger partial charge >= 0.3 is 0 Å². The minimum Gasteiger partial charge on any atom is -0.349 e. The van der Waals surface area contributed by atoms with Crippen LogP contribution < -0.4 is 5.32 Å². The molecule has 5 rings (SSSR count). The molecule has 2 aliphatic heterocycles. The van der Waals surface area contributed by atoms with E-state index >= 15 is 0 Å². The van der Waals surface area contributed by atoms with Gasteiger partial charge in [0.15, 0.2) is 0 Å². The molecule has 0 aromatic heterocycles. The summed E-state index contributed by atoms with van der Waals surface area (Å²) in [6, 6.07) is 20.8. The van der Waals surface area contributed by atoms with Crippen molar-refractivity contribution in [2.75, 3.05) is 26.2 Å². The van der Waals surface area contributed by atoms with Crippen molar-refractivity contribution in [2.45, 2.75) is 70.4 Å². The monoisotopic (exact) mass is 487 g/mol. The van der Waals surface area contributed by atoms with Crippen molar-refractivity contribution in [1.29, 1.82) is 0 Å². The quantitative estimate of drug-likeness (QED) is 0.548. The van der Waals surface area contributed by atoms with Gasteiger partial charge in [0.25, 0.3) is 0 Å². The van der Waals surface area contributed by atoms with Crippen molar-refractivity contribution in [2.24, 2.45) is 11.3 Å². The van der Waals surface area contributed by atoms with Gasteiger partial charge in [0, 0.05) is 25.6 Å². The van der Waals surface area contributed by atoms with E-state index in [4.69, 9.17) is 0 Å². The third-order valence-electron chi connectivity index (χ3n) is 8.86. The molecular weight excluding hydrogens is 446 g/mol. The lowest BCUT2D eigenvalue weighted by molar-refractivity contribution is -0.139. The lowest BCUT2D eigenvalue weighted by atomic mass is 9.77. The van der Waals surface area contributed by atoms with Crippen molar-refractivity contribution < 1.29 is 9.59 Å². The molecular formula is C31H41N3O2. The summed E-state index contributed by atoms with van der Waals surface area (Å²) in [7, 11) is 0. The number of nitrogens with zero attached hydrogens (tertiary/aromatic N) is 2. The first-order valence-electron chi connectivity index (χ1n) is 14.0. The number of amides is 2. The number of rotatable bonds is 8. The molecule has 2 saturated heterocycles. The van der Waals surface area contributed by atoms with Gasteiger partial charge < -0.3 is 15.1 Å². The number of carbonyl (C=O) groups excluding carboxylic acids is 2. The molecule has 2 aromatic carbocycles. The van der Waals surface area contributed by atoms with Crippen LogP contribution in [0.25, 0.3) is 0 Å². The van der Waals surface area contributed by atoms with E-state index in [-0.39, 0.29) is 23.3 Å². The van der Waals surface area contributed by atoms with E-state index in [1.807, 2.05) is 24.3 Å². The van der Waals surface area contributed by atoms with Gasteiger partial charge in [-0.15, -0.1) is 0 Å². The van der Waals surface area contributed by atoms with Gasteiger partial charge in [-0.1, -0.05) is 79.9 Å². The van der Waals surface area contributed by atoms with Gasteiger partial charge in [0.1, 0.15) is 0 Å². The first kappa shape index (κ1) is 25.0. The van der Waals surface area contributed by atoms with Crippen LogP contribution in [0.2, 0.25) is 0 Å². The molecule has 1 atom stereocenters. The second-order valence-corrected chi connectivity index (χ2v) is 11.2. The summed E-state index contributed by atoms with van der Waals surface area (Å²) in [6.45, 7) is 4.47. The van der Waals surface area contributed by atoms with Gasteiger partial charge in [-0.2, -0.15) is 0 Å². The second kappa shape index (κ2) is 11.6. The highest BCUT2D eigenvalue weighted by Gasteiger charge is 2.47. The molecule has 1 saturated carbocycles. The lowest BCUT2D eigenvalue weighted by Crippen LogP contribution is -2.45. The van der Waals surface area contributed by atoms with E-state index in [1.54, 1.807) is 0 Å². The minimum atomic E-state index is -0.167. The van der Waals surface area contributed by atoms with Crippen molar-refractivity contribution in [3.05, 3.63) is 71.8 Å². The molecule has 2 aromatic rings. The number of hydrogen-bond acceptors (Lipinski definition) is 3. The Kier molecular flexibility index (Phi) is 8.05. The Morgan fingerprint density at radius 2 is 1.53 bits per heavy atom. The molecule has 192 valence electrons. The summed E-state index contributed by atoms with van der Waals surface area (Å²) in [4.78, 5) is 31.0. The molecule has 3 fully saturated rings. The zero-order valence-corrected chi connectivity index (χ0v) is 21.5. The number of hydrogen-bond donors (Lipinski definition) is 1. The van der Waals surface area contributed by atoms with E-state index in [2.05, 4.69) is 51.5 Å². The Balaban J connectivity index is 1.14. The molecule has 2 heterocycles. The molecule has 0 bridgehead atoms. The highest BCUT2D eigenvalue weighted by molar-refractivity contribution is 5.85. The van der Waals surface area contributed by atoms with E-state index in [9.17, 15) is 9.59 Å². The van der Waals surface area contributed by atoms with Gasteiger partial charge in [-0.25, -0.2) is 0 Å². The van der Waals surface area contributed by atoms with Crippen LogP contribution in [0, 0.1) is 11.3 Å². The number of piperidine rings is 1. The average Bonchev–Trinajstić information content (AvgIpc) is 3.23. The summed E-state index contributed by atoms with van der Waals surface area (Å²) < 4.78 is 0. The molecule has 0 unspecified atom stereocenters. The Morgan fingerprint density at radius 3 is 2.22 bits per heavy atom. The molecule has 3 aliphatic rings. The van der Waals surface area contributed by atoms with Crippen LogP contribution in [0.1, 0.15) is 75.0 Å². The third kappa shape index (κ3) is 5.83. The van der Waals surface area contributed by atoms with Crippen LogP contribution in [0.3, 0.4) is 0 Å². The van der Waals surface area contributed by atoms with E-state index < -0.39 is 0 Å². The number of nitrogens with one attached hydrogen (secondary N) is 1. The first-order chi connectivity index (χ1) is 17.6. The zero-order chi connectivity index (χ0) is 24.8. The normalized spacial score (nSPS) is 21.6. The molecule has 5 heteroatoms. The minimum absolute atomic E-state index is 0.0472. The number of benzene rings is 2. The topological polar surface area (TPSA) is 52.7 Å². The average molecular weight is 488 g/mol. The first-order valence-corrected chi connectivity index (χ1v) is 14.0. The molecule has 0 radical (unpaired) electrons. The Hall–Kier alpha value is -2.66. The van der Waals surface area contributed by atoms with Crippen LogP contribution in [0.5, 0.6) is 0 Å². The van der Waals surface area contributed by atoms with E-state index in [0.29, 0.717) is 5.91 Å². The maximum Gasteiger partial charge on any atom is 0.229 e. The summed E-state index contributed by atoms with van der Waals surface area (Å²) in [5, 5.41) is 3.40. The predicted molar refractivity (Wildman–Crippen MR) is 143 cm³/mol. The fourth-order valence-corrected chi connectivity index (χ4v) is 6.49. The predicted octanol–water partition coefficient (Wildman–Crippen LogP) is 5.33. The Labute approximate surface area is 216 Å². The van der Waals surface area contributed by atoms with Crippen molar-refractivity contribution in [1.82, 2.24) is 15.1 Å². The largest absolute Gasteiger partial charge is 0.349 e. The summed E-state index contributed by atoms with van der Waals surface area (Å²) in [6.07, 6.45) is 9.43. The van der Waals surface area contributed by atoms with Crippen molar-refractivity contribution in [3.8, 4) is 0 Å². The van der Waals surface area contributed by atoms with E-state index in [1.165, 1.54) is 30.4 Å². The molecule has 36 heavy (non-hydrogen) atoms. The standard InChI is InChI=1S/C31H41N3O2/c35-29(27-14-8-3-9-15-27)32-28(26-12-6-2-7-13-26)16-20-33-21-17-31(18-22-33)19-23-34(30(31)36)24-25-10-4-1-5-11-25/h1-2,4-7,10-13,27-28H,3,8-9,14-24H2,(H,32,35)/t28-/m0/s1. The zero-order valence-electron chi connectivity index (χ0n) is 21.5. The van der Waals surface area contributed by atoms with Crippen LogP contribution in [-0.2, 0) is 16.1 Å². The maximum absolute atomic E-state index is 13.4. The maximum atomic E-state index is 13.4. The second-order valence-electron chi connectivity index (χ2n) is 11.2. The molecule has 1 N–H and O–H groups in total. The van der Waals surface area contributed by atoms with Crippen LogP contribution in [-0.4, -0.2) is 47.8 Å². The van der Waals surface area contributed by atoms with Crippen molar-refractivity contribution >= 4 is 11.8 Å². The SMILES string of the molecule is O=C(N[C@@H](CCN1CCC2(CC1)CCN(Cc1ccccc1)C2=O)c1ccccc1)C1CCCCC1. The molecule has 5 nitrogen and oxygen atoms in total. The van der Waals surface area contributed by atoms with Gasteiger partial charge in [0.05, 0.1) is 11.5 Å². The van der Waals surface area contributed by atoms with Crippen LogP contribution in [0.15, 0.2) is 60.7 Å². The summed E-state index contributed by atoms with van der Waals surface area (Å²) in [5.41, 5.74) is 2.24. The fourth-order valence-electron chi connectivity index (χ4n) is 6.49. The van der Waals surface area contributed by atoms with Gasteiger partial charge in [0.2, 0.25) is 11.8 Å². The highest BCUT2D eigenvalue weighted by atomic mass is 16.2. The number of likely N-dealkylation sites (tertiary alicyclic amines) is 2. The molecule has 1 aliphatic carbocycles. The fraction of sp³-hybridized carbons (Fsp3) is 0.548. The van der Waals surface area contributed by atoms with Gasteiger partial charge in [-0.3, -0.25) is 9.59 Å². The van der Waals surface area contributed by atoms with E-state index in [0.717, 1.165) is 71.2 Å². The van der Waals surface area contributed by atoms with Crippen LogP contribution >= 0.6 is 0 Å². The Morgan fingerprint density at radius 1 is 0.889 bits per heavy atom. The molecule has 1 spiro atoms. The van der Waals surface area contributed by atoms with Crippen LogP contribution in [0.4, 0.5) is 0 Å². The molecule has 2 amide bonds.